The maximum absolute atomic E-state index is 12.9. The number of hydrogen-bond acceptors (Lipinski definition) is 3. The van der Waals surface area contributed by atoms with E-state index in [-0.39, 0.29) is 11.8 Å². The van der Waals surface area contributed by atoms with Crippen LogP contribution in [0.15, 0.2) is 72.8 Å². The Morgan fingerprint density at radius 2 is 1.78 bits per heavy atom. The van der Waals surface area contributed by atoms with Gasteiger partial charge in [-0.15, -0.1) is 0 Å². The lowest BCUT2D eigenvalue weighted by molar-refractivity contribution is -0.117. The van der Waals surface area contributed by atoms with Gasteiger partial charge < -0.3 is 14.2 Å². The molecule has 4 aromatic rings. The number of fused-ring (bicyclic) bond motifs is 1. The molecule has 3 aromatic carbocycles. The summed E-state index contributed by atoms with van der Waals surface area (Å²) in [6, 6.07) is 23.7. The van der Waals surface area contributed by atoms with E-state index >= 15 is 0 Å². The molecule has 0 radical (unpaired) electrons. The minimum Gasteiger partial charge on any atom is -0.494 e. The van der Waals surface area contributed by atoms with Crippen LogP contribution in [0, 0.1) is 0 Å². The van der Waals surface area contributed by atoms with Crippen LogP contribution in [0.4, 0.5) is 5.69 Å². The zero-order chi connectivity index (χ0) is 22.1. The molecule has 1 fully saturated rings. The summed E-state index contributed by atoms with van der Waals surface area (Å²) in [5, 5.41) is 0.719. The number of imidazole rings is 1. The number of para-hydroxylation sites is 2. The summed E-state index contributed by atoms with van der Waals surface area (Å²) in [6.45, 7) is 3.87. The minimum absolute atomic E-state index is 0.0220. The standard InChI is InChI=1S/C26H24ClN3O2/c1-2-32-22-13-11-21(12-14-22)29-17-19(15-25(29)31)26-28-23-5-3-4-6-24(23)30(26)16-18-7-9-20(27)10-8-18/h3-14,19H,2,15-17H2,1H3/t19-/m1/s1. The summed E-state index contributed by atoms with van der Waals surface area (Å²) in [7, 11) is 0. The molecule has 1 aliphatic heterocycles. The number of ether oxygens (including phenoxy) is 1. The molecule has 5 rings (SSSR count). The molecule has 0 bridgehead atoms. The van der Waals surface area contributed by atoms with Crippen molar-refractivity contribution in [3.63, 3.8) is 0 Å². The van der Waals surface area contributed by atoms with Crippen molar-refractivity contribution in [1.82, 2.24) is 9.55 Å². The zero-order valence-corrected chi connectivity index (χ0v) is 18.6. The molecule has 0 unspecified atom stereocenters. The number of carbonyl (C=O) groups excluding carboxylic acids is 1. The summed E-state index contributed by atoms with van der Waals surface area (Å²) in [4.78, 5) is 19.7. The fourth-order valence-electron chi connectivity index (χ4n) is 4.36. The van der Waals surface area contributed by atoms with E-state index in [0.717, 1.165) is 38.9 Å². The average Bonchev–Trinajstić information content (AvgIpc) is 3.37. The highest BCUT2D eigenvalue weighted by Crippen LogP contribution is 2.34. The molecule has 0 spiro atoms. The molecule has 0 N–H and O–H groups in total. The summed E-state index contributed by atoms with van der Waals surface area (Å²) in [5.74, 6) is 1.89. The summed E-state index contributed by atoms with van der Waals surface area (Å²) in [6.07, 6.45) is 0.442. The highest BCUT2D eigenvalue weighted by Gasteiger charge is 2.34. The predicted molar refractivity (Wildman–Crippen MR) is 128 cm³/mol. The highest BCUT2D eigenvalue weighted by atomic mass is 35.5. The first-order valence-corrected chi connectivity index (χ1v) is 11.2. The van der Waals surface area contributed by atoms with Crippen LogP contribution in [0.25, 0.3) is 11.0 Å². The molecule has 1 aliphatic rings. The lowest BCUT2D eigenvalue weighted by Gasteiger charge is -2.18. The number of rotatable bonds is 6. The van der Waals surface area contributed by atoms with E-state index in [1.807, 2.05) is 78.6 Å². The van der Waals surface area contributed by atoms with Crippen LogP contribution in [-0.4, -0.2) is 28.6 Å². The van der Waals surface area contributed by atoms with Crippen molar-refractivity contribution in [2.24, 2.45) is 0 Å². The van der Waals surface area contributed by atoms with E-state index in [9.17, 15) is 4.79 Å². The lowest BCUT2D eigenvalue weighted by atomic mass is 10.1. The van der Waals surface area contributed by atoms with Gasteiger partial charge in [-0.1, -0.05) is 35.9 Å². The maximum Gasteiger partial charge on any atom is 0.227 e. The second-order valence-corrected chi connectivity index (χ2v) is 8.44. The van der Waals surface area contributed by atoms with Gasteiger partial charge in [-0.3, -0.25) is 4.79 Å². The second kappa shape index (κ2) is 8.67. The van der Waals surface area contributed by atoms with Gasteiger partial charge in [0.25, 0.3) is 0 Å². The number of anilines is 1. The molecule has 0 aliphatic carbocycles. The first-order chi connectivity index (χ1) is 15.6. The van der Waals surface area contributed by atoms with Crippen LogP contribution in [0.2, 0.25) is 5.02 Å². The van der Waals surface area contributed by atoms with Crippen LogP contribution in [-0.2, 0) is 11.3 Å². The summed E-state index contributed by atoms with van der Waals surface area (Å²) < 4.78 is 7.76. The molecule has 1 saturated heterocycles. The fourth-order valence-corrected chi connectivity index (χ4v) is 4.49. The Morgan fingerprint density at radius 1 is 1.03 bits per heavy atom. The lowest BCUT2D eigenvalue weighted by Crippen LogP contribution is -2.24. The number of amides is 1. The number of benzene rings is 3. The molecule has 162 valence electrons. The molecule has 5 nitrogen and oxygen atoms in total. The largest absolute Gasteiger partial charge is 0.494 e. The third kappa shape index (κ3) is 3.96. The van der Waals surface area contributed by atoms with Crippen molar-refractivity contribution >= 4 is 34.2 Å². The van der Waals surface area contributed by atoms with Gasteiger partial charge in [-0.25, -0.2) is 4.98 Å². The van der Waals surface area contributed by atoms with Crippen molar-refractivity contribution in [2.45, 2.75) is 25.8 Å². The van der Waals surface area contributed by atoms with Crippen LogP contribution in [0.1, 0.15) is 30.7 Å². The normalized spacial score (nSPS) is 16.1. The maximum atomic E-state index is 12.9. The topological polar surface area (TPSA) is 47.4 Å². The molecule has 2 heterocycles. The fraction of sp³-hybridized carbons (Fsp3) is 0.231. The summed E-state index contributed by atoms with van der Waals surface area (Å²) in [5.41, 5.74) is 4.06. The number of nitrogens with zero attached hydrogens (tertiary/aromatic N) is 3. The molecule has 32 heavy (non-hydrogen) atoms. The van der Waals surface area contributed by atoms with Gasteiger partial charge in [0.2, 0.25) is 5.91 Å². The molecular formula is C26H24ClN3O2. The van der Waals surface area contributed by atoms with Gasteiger partial charge in [0.15, 0.2) is 0 Å². The van der Waals surface area contributed by atoms with Crippen LogP contribution in [0.5, 0.6) is 5.75 Å². The Hall–Kier alpha value is -3.31. The smallest absolute Gasteiger partial charge is 0.227 e. The van der Waals surface area contributed by atoms with E-state index in [1.54, 1.807) is 0 Å². The van der Waals surface area contributed by atoms with Crippen LogP contribution >= 0.6 is 11.6 Å². The van der Waals surface area contributed by atoms with Crippen LogP contribution < -0.4 is 9.64 Å². The zero-order valence-electron chi connectivity index (χ0n) is 17.9. The van der Waals surface area contributed by atoms with Gasteiger partial charge in [0.1, 0.15) is 11.6 Å². The Bertz CT molecular complexity index is 1250. The highest BCUT2D eigenvalue weighted by molar-refractivity contribution is 6.30. The van der Waals surface area contributed by atoms with Gasteiger partial charge in [-0.2, -0.15) is 0 Å². The van der Waals surface area contributed by atoms with E-state index in [2.05, 4.69) is 10.6 Å². The summed E-state index contributed by atoms with van der Waals surface area (Å²) >= 11 is 6.07. The van der Waals surface area contributed by atoms with E-state index in [1.165, 1.54) is 0 Å². The van der Waals surface area contributed by atoms with E-state index in [0.29, 0.717) is 26.1 Å². The van der Waals surface area contributed by atoms with Crippen molar-refractivity contribution in [1.29, 1.82) is 0 Å². The molecular weight excluding hydrogens is 422 g/mol. The Labute approximate surface area is 192 Å². The molecule has 1 atom stereocenters. The van der Waals surface area contributed by atoms with E-state index < -0.39 is 0 Å². The third-order valence-electron chi connectivity index (χ3n) is 5.89. The number of aromatic nitrogens is 2. The number of carbonyl (C=O) groups is 1. The Morgan fingerprint density at radius 3 is 2.53 bits per heavy atom. The third-order valence-corrected chi connectivity index (χ3v) is 6.14. The Kier molecular flexibility index (Phi) is 5.58. The minimum atomic E-state index is 0.0220. The van der Waals surface area contributed by atoms with E-state index in [4.69, 9.17) is 21.3 Å². The van der Waals surface area contributed by atoms with Crippen molar-refractivity contribution < 1.29 is 9.53 Å². The van der Waals surface area contributed by atoms with Gasteiger partial charge >= 0.3 is 0 Å². The average molecular weight is 446 g/mol. The first kappa shape index (κ1) is 20.6. The van der Waals surface area contributed by atoms with Gasteiger partial charge in [0.05, 0.1) is 17.6 Å². The van der Waals surface area contributed by atoms with Gasteiger partial charge in [-0.05, 0) is 61.0 Å². The molecule has 1 aromatic heterocycles. The van der Waals surface area contributed by atoms with Crippen molar-refractivity contribution in [2.75, 3.05) is 18.1 Å². The molecule has 0 saturated carbocycles. The Balaban J connectivity index is 1.46. The molecule has 6 heteroatoms. The predicted octanol–water partition coefficient (Wildman–Crippen LogP) is 5.66. The molecule has 1 amide bonds. The number of hydrogen-bond donors (Lipinski definition) is 0. The first-order valence-electron chi connectivity index (χ1n) is 10.8. The quantitative estimate of drug-likeness (QED) is 0.385. The number of halogens is 1. The SMILES string of the molecule is CCOc1ccc(N2C[C@H](c3nc4ccccc4n3Cc3ccc(Cl)cc3)CC2=O)cc1. The van der Waals surface area contributed by atoms with Crippen molar-refractivity contribution in [3.8, 4) is 5.75 Å². The second-order valence-electron chi connectivity index (χ2n) is 8.00. The van der Waals surface area contributed by atoms with Crippen LogP contribution in [0.3, 0.4) is 0 Å². The van der Waals surface area contributed by atoms with Gasteiger partial charge in [0, 0.05) is 36.1 Å². The van der Waals surface area contributed by atoms with Crippen molar-refractivity contribution in [3.05, 3.63) is 89.2 Å². The monoisotopic (exact) mass is 445 g/mol.